The van der Waals surface area contributed by atoms with Crippen LogP contribution in [0.2, 0.25) is 0 Å². The monoisotopic (exact) mass is 343 g/mol. The van der Waals surface area contributed by atoms with E-state index in [1.165, 1.54) is 13.2 Å². The minimum Gasteiger partial charge on any atom is -0.480 e. The Morgan fingerprint density at radius 3 is 2.91 bits per heavy atom. The summed E-state index contributed by atoms with van der Waals surface area (Å²) in [5, 5.41) is 11.5. The number of carboxylic acids is 1. The number of carbonyl (C=O) groups excluding carboxylic acids is 1. The quantitative estimate of drug-likeness (QED) is 0.639. The maximum absolute atomic E-state index is 12.3. The topological polar surface area (TPSA) is 125 Å². The van der Waals surface area contributed by atoms with Crippen molar-refractivity contribution in [1.82, 2.24) is 10.2 Å². The number of carbonyl (C=O) groups is 2. The molecule has 23 heavy (non-hydrogen) atoms. The number of fused-ring (bicyclic) bond motifs is 1. The Morgan fingerprint density at radius 2 is 2.26 bits per heavy atom. The van der Waals surface area contributed by atoms with Crippen LogP contribution in [0.4, 0.5) is 0 Å². The van der Waals surface area contributed by atoms with Gasteiger partial charge in [0.15, 0.2) is 5.84 Å². The van der Waals surface area contributed by atoms with Crippen molar-refractivity contribution in [3.8, 4) is 0 Å². The summed E-state index contributed by atoms with van der Waals surface area (Å²) < 4.78 is 31.7. The molecule has 126 valence electrons. The van der Waals surface area contributed by atoms with Crippen LogP contribution in [0.3, 0.4) is 0 Å². The van der Waals surface area contributed by atoms with Crippen molar-refractivity contribution in [2.45, 2.75) is 12.5 Å². The Kier molecular flexibility index (Phi) is 5.16. The number of nitrogens with one attached hydrogen (secondary N) is 1. The molecule has 0 aliphatic carbocycles. The highest BCUT2D eigenvalue weighted by Gasteiger charge is 2.31. The van der Waals surface area contributed by atoms with Crippen molar-refractivity contribution in [3.05, 3.63) is 23.9 Å². The average molecular weight is 343 g/mol. The summed E-state index contributed by atoms with van der Waals surface area (Å²) in [7, 11) is -2.20. The van der Waals surface area contributed by atoms with Crippen molar-refractivity contribution in [2.24, 2.45) is 4.40 Å². The number of amidine groups is 1. The van der Waals surface area contributed by atoms with Gasteiger partial charge < -0.3 is 20.1 Å². The maximum atomic E-state index is 12.3. The van der Waals surface area contributed by atoms with Gasteiger partial charge in [-0.05, 0) is 12.2 Å². The van der Waals surface area contributed by atoms with Crippen LogP contribution >= 0.6 is 0 Å². The van der Waals surface area contributed by atoms with Gasteiger partial charge in [0.2, 0.25) is 0 Å². The number of sulfonamides is 1. The van der Waals surface area contributed by atoms with Crippen LogP contribution < -0.4 is 5.32 Å². The highest BCUT2D eigenvalue weighted by atomic mass is 32.2. The summed E-state index contributed by atoms with van der Waals surface area (Å²) >= 11 is 0. The number of carboxylic acid groups (broad SMARTS) is 1. The number of hydrogen-bond donors (Lipinski definition) is 2. The second-order valence-corrected chi connectivity index (χ2v) is 6.72. The number of ether oxygens (including phenoxy) is 1. The highest BCUT2D eigenvalue weighted by molar-refractivity contribution is 7.90. The zero-order valence-electron chi connectivity index (χ0n) is 12.4. The number of methoxy groups -OCH3 is 1. The normalized spacial score (nSPS) is 20.1. The molecule has 2 heterocycles. The van der Waals surface area contributed by atoms with Gasteiger partial charge in [-0.15, -0.1) is 4.40 Å². The van der Waals surface area contributed by atoms with E-state index < -0.39 is 27.9 Å². The Hall–Kier alpha value is -2.20. The van der Waals surface area contributed by atoms with Gasteiger partial charge in [-0.3, -0.25) is 4.79 Å². The maximum Gasteiger partial charge on any atom is 0.326 e. The summed E-state index contributed by atoms with van der Waals surface area (Å²) in [5.74, 6) is -2.02. The van der Waals surface area contributed by atoms with Crippen molar-refractivity contribution in [2.75, 3.05) is 26.0 Å². The third-order valence-electron chi connectivity index (χ3n) is 3.32. The first kappa shape index (κ1) is 17.2. The van der Waals surface area contributed by atoms with Crippen LogP contribution in [-0.2, 0) is 24.3 Å². The van der Waals surface area contributed by atoms with Crippen molar-refractivity contribution in [1.29, 1.82) is 0 Å². The SMILES string of the molecule is COCCC(NC(=O)C1=CC=CN2CCS(=O)(=O)N=C12)C(=O)O. The molecule has 0 aromatic heterocycles. The van der Waals surface area contributed by atoms with Gasteiger partial charge in [-0.25, -0.2) is 13.2 Å². The van der Waals surface area contributed by atoms with E-state index >= 15 is 0 Å². The fourth-order valence-electron chi connectivity index (χ4n) is 2.12. The number of rotatable bonds is 6. The van der Waals surface area contributed by atoms with Gasteiger partial charge in [0.25, 0.3) is 15.9 Å². The summed E-state index contributed by atoms with van der Waals surface area (Å²) in [6.07, 6.45) is 4.69. The molecule has 2 aliphatic rings. The second-order valence-electron chi connectivity index (χ2n) is 4.96. The van der Waals surface area contributed by atoms with E-state index in [0.717, 1.165) is 0 Å². The number of aliphatic carboxylic acids is 1. The number of nitrogens with zero attached hydrogens (tertiary/aromatic N) is 2. The lowest BCUT2D eigenvalue weighted by molar-refractivity contribution is -0.141. The molecule has 2 aliphatic heterocycles. The lowest BCUT2D eigenvalue weighted by Gasteiger charge is -2.29. The molecule has 2 N–H and O–H groups in total. The van der Waals surface area contributed by atoms with Gasteiger partial charge in [-0.1, -0.05) is 0 Å². The van der Waals surface area contributed by atoms with Gasteiger partial charge >= 0.3 is 5.97 Å². The Bertz CT molecular complexity index is 694. The molecule has 0 spiro atoms. The molecule has 9 nitrogen and oxygen atoms in total. The summed E-state index contributed by atoms with van der Waals surface area (Å²) in [5.41, 5.74) is 0.0134. The molecule has 0 radical (unpaired) electrons. The molecule has 0 aromatic carbocycles. The lowest BCUT2D eigenvalue weighted by atomic mass is 10.1. The number of allylic oxidation sites excluding steroid dienone is 2. The van der Waals surface area contributed by atoms with Crippen molar-refractivity contribution in [3.63, 3.8) is 0 Å². The van der Waals surface area contributed by atoms with E-state index in [0.29, 0.717) is 0 Å². The third-order valence-corrected chi connectivity index (χ3v) is 4.47. The predicted molar refractivity (Wildman–Crippen MR) is 81.2 cm³/mol. The first-order chi connectivity index (χ1) is 10.8. The van der Waals surface area contributed by atoms with Gasteiger partial charge in [0.1, 0.15) is 6.04 Å². The zero-order valence-corrected chi connectivity index (χ0v) is 13.2. The van der Waals surface area contributed by atoms with Crippen LogP contribution in [-0.4, -0.2) is 68.2 Å². The largest absolute Gasteiger partial charge is 0.480 e. The van der Waals surface area contributed by atoms with E-state index in [1.807, 2.05) is 0 Å². The van der Waals surface area contributed by atoms with Crippen LogP contribution in [0.15, 0.2) is 28.3 Å². The first-order valence-electron chi connectivity index (χ1n) is 6.85. The zero-order chi connectivity index (χ0) is 17.0. The van der Waals surface area contributed by atoms with Crippen LogP contribution in [0.1, 0.15) is 6.42 Å². The van der Waals surface area contributed by atoms with Crippen LogP contribution in [0, 0.1) is 0 Å². The van der Waals surface area contributed by atoms with E-state index in [4.69, 9.17) is 9.84 Å². The molecular formula is C13H17N3O6S. The minimum absolute atomic E-state index is 0.00660. The molecule has 0 bridgehead atoms. The van der Waals surface area contributed by atoms with E-state index in [1.54, 1.807) is 17.2 Å². The Balaban J connectivity index is 2.20. The molecule has 10 heteroatoms. The predicted octanol–water partition coefficient (Wildman–Crippen LogP) is -0.910. The number of hydrogen-bond acceptors (Lipinski definition) is 6. The molecule has 1 unspecified atom stereocenters. The van der Waals surface area contributed by atoms with E-state index in [-0.39, 0.29) is 36.7 Å². The summed E-state index contributed by atoms with van der Waals surface area (Å²) in [6, 6.07) is -1.14. The molecule has 0 fully saturated rings. The number of amides is 1. The van der Waals surface area contributed by atoms with Crippen LogP contribution in [0.5, 0.6) is 0 Å². The average Bonchev–Trinajstić information content (AvgIpc) is 2.49. The summed E-state index contributed by atoms with van der Waals surface area (Å²) in [4.78, 5) is 25.0. The van der Waals surface area contributed by atoms with Crippen molar-refractivity contribution < 1.29 is 27.9 Å². The smallest absolute Gasteiger partial charge is 0.326 e. The van der Waals surface area contributed by atoms with Gasteiger partial charge in [-0.2, -0.15) is 0 Å². The third kappa shape index (κ3) is 4.17. The highest BCUT2D eigenvalue weighted by Crippen LogP contribution is 2.18. The van der Waals surface area contributed by atoms with Gasteiger partial charge in [0.05, 0.1) is 11.3 Å². The van der Waals surface area contributed by atoms with Gasteiger partial charge in [0, 0.05) is 32.9 Å². The lowest BCUT2D eigenvalue weighted by Crippen LogP contribution is -2.46. The fraction of sp³-hybridized carbons (Fsp3) is 0.462. The Labute approximate surface area is 133 Å². The first-order valence-corrected chi connectivity index (χ1v) is 8.46. The molecule has 1 atom stereocenters. The molecule has 0 aromatic rings. The van der Waals surface area contributed by atoms with Crippen molar-refractivity contribution >= 4 is 27.7 Å². The standard InChI is InChI=1S/C13H17N3O6S/c1-22-7-4-10(13(18)19)14-12(17)9-3-2-5-16-6-8-23(20,21)15-11(9)16/h2-3,5,10H,4,6-8H2,1H3,(H,14,17)(H,18,19). The van der Waals surface area contributed by atoms with Crippen LogP contribution in [0.25, 0.3) is 0 Å². The molecule has 0 saturated heterocycles. The minimum atomic E-state index is -3.62. The molecule has 2 rings (SSSR count). The molecular weight excluding hydrogens is 326 g/mol. The van der Waals surface area contributed by atoms with E-state index in [9.17, 15) is 18.0 Å². The molecule has 0 saturated carbocycles. The fourth-order valence-corrected chi connectivity index (χ4v) is 3.11. The Morgan fingerprint density at radius 1 is 1.52 bits per heavy atom. The second kappa shape index (κ2) is 6.92. The molecule has 1 amide bonds. The van der Waals surface area contributed by atoms with E-state index in [2.05, 4.69) is 9.71 Å². The summed E-state index contributed by atoms with van der Waals surface area (Å²) in [6.45, 7) is 0.353.